The van der Waals surface area contributed by atoms with Gasteiger partial charge in [0.25, 0.3) is 5.91 Å². The second-order valence-corrected chi connectivity index (χ2v) is 6.28. The third-order valence-corrected chi connectivity index (χ3v) is 4.04. The molecule has 2 heterocycles. The van der Waals surface area contributed by atoms with E-state index in [1.165, 1.54) is 11.6 Å². The van der Waals surface area contributed by atoms with Crippen LogP contribution in [0.4, 0.5) is 14.6 Å². The second kappa shape index (κ2) is 7.14. The maximum atomic E-state index is 12.5. The van der Waals surface area contributed by atoms with Crippen molar-refractivity contribution in [1.29, 1.82) is 0 Å². The first-order valence-corrected chi connectivity index (χ1v) is 8.15. The molecule has 0 saturated carbocycles. The van der Waals surface area contributed by atoms with Crippen molar-refractivity contribution in [1.82, 2.24) is 19.6 Å². The van der Waals surface area contributed by atoms with Gasteiger partial charge < -0.3 is 5.32 Å². The molecule has 2 aromatic heterocycles. The predicted octanol–water partition coefficient (Wildman–Crippen LogP) is 3.85. The highest BCUT2D eigenvalue weighted by molar-refractivity contribution is 9.10. The molecule has 0 bridgehead atoms. The van der Waals surface area contributed by atoms with Crippen molar-refractivity contribution in [3.05, 3.63) is 64.0 Å². The molecule has 130 valence electrons. The molecule has 0 aliphatic heterocycles. The van der Waals surface area contributed by atoms with Gasteiger partial charge in [-0.2, -0.15) is 19.0 Å². The van der Waals surface area contributed by atoms with Crippen LogP contribution in [0.1, 0.15) is 28.2 Å². The zero-order chi connectivity index (χ0) is 18.0. The van der Waals surface area contributed by atoms with Gasteiger partial charge in [-0.05, 0) is 34.5 Å². The Balaban J connectivity index is 1.71. The molecule has 6 nitrogen and oxygen atoms in total. The molecule has 25 heavy (non-hydrogen) atoms. The minimum Gasteiger partial charge on any atom is -0.303 e. The van der Waals surface area contributed by atoms with Gasteiger partial charge in [0.15, 0.2) is 11.5 Å². The molecule has 0 spiro atoms. The Kier molecular flexibility index (Phi) is 4.93. The Morgan fingerprint density at radius 3 is 2.60 bits per heavy atom. The Morgan fingerprint density at radius 2 is 1.96 bits per heavy atom. The molecule has 0 atom stereocenters. The molecular weight excluding hydrogens is 396 g/mol. The van der Waals surface area contributed by atoms with E-state index in [9.17, 15) is 13.6 Å². The summed E-state index contributed by atoms with van der Waals surface area (Å²) >= 11 is 3.33. The average molecular weight is 410 g/mol. The lowest BCUT2D eigenvalue weighted by molar-refractivity contribution is 0.0561. The van der Waals surface area contributed by atoms with Crippen molar-refractivity contribution in [2.24, 2.45) is 0 Å². The number of hydrogen-bond donors (Lipinski definition) is 1. The van der Waals surface area contributed by atoms with Crippen LogP contribution in [0.5, 0.6) is 0 Å². The molecule has 0 aliphatic carbocycles. The lowest BCUT2D eigenvalue weighted by Crippen LogP contribution is -2.14. The number of amides is 1. The summed E-state index contributed by atoms with van der Waals surface area (Å²) in [5.74, 6) is -0.315. The summed E-state index contributed by atoms with van der Waals surface area (Å²) in [4.78, 5) is 12.1. The molecule has 0 fully saturated rings. The Bertz CT molecular complexity index is 888. The largest absolute Gasteiger partial charge is 0.333 e. The first kappa shape index (κ1) is 17.3. The van der Waals surface area contributed by atoms with Gasteiger partial charge in [-0.1, -0.05) is 29.8 Å². The maximum absolute atomic E-state index is 12.5. The van der Waals surface area contributed by atoms with Crippen LogP contribution in [0.3, 0.4) is 0 Å². The van der Waals surface area contributed by atoms with Gasteiger partial charge in [0, 0.05) is 12.4 Å². The van der Waals surface area contributed by atoms with Crippen molar-refractivity contribution in [3.8, 4) is 0 Å². The average Bonchev–Trinajstić information content (AvgIpc) is 3.17. The van der Waals surface area contributed by atoms with Crippen molar-refractivity contribution < 1.29 is 13.6 Å². The smallest absolute Gasteiger partial charge is 0.303 e. The molecule has 1 aromatic carbocycles. The number of nitrogens with one attached hydrogen (secondary N) is 1. The molecule has 0 radical (unpaired) electrons. The van der Waals surface area contributed by atoms with E-state index in [1.54, 1.807) is 10.9 Å². The minimum atomic E-state index is -2.79. The summed E-state index contributed by atoms with van der Waals surface area (Å²) < 4.78 is 27.7. The Morgan fingerprint density at radius 1 is 1.24 bits per heavy atom. The fourth-order valence-electron chi connectivity index (χ4n) is 2.18. The summed E-state index contributed by atoms with van der Waals surface area (Å²) in [5.41, 5.74) is 2.12. The second-order valence-electron chi connectivity index (χ2n) is 5.42. The van der Waals surface area contributed by atoms with Crippen molar-refractivity contribution in [3.63, 3.8) is 0 Å². The van der Waals surface area contributed by atoms with Crippen LogP contribution in [0.15, 0.2) is 47.2 Å². The van der Waals surface area contributed by atoms with Crippen LogP contribution >= 0.6 is 15.9 Å². The molecular formula is C16H14BrF2N5O. The van der Waals surface area contributed by atoms with Gasteiger partial charge in [-0.3, -0.25) is 9.48 Å². The monoisotopic (exact) mass is 409 g/mol. The number of rotatable bonds is 5. The van der Waals surface area contributed by atoms with Gasteiger partial charge in [-0.15, -0.1) is 0 Å². The molecule has 0 saturated heterocycles. The first-order chi connectivity index (χ1) is 11.9. The van der Waals surface area contributed by atoms with E-state index in [0.29, 0.717) is 21.5 Å². The zero-order valence-electron chi connectivity index (χ0n) is 13.2. The van der Waals surface area contributed by atoms with Crippen LogP contribution in [-0.2, 0) is 6.54 Å². The Labute approximate surface area is 150 Å². The van der Waals surface area contributed by atoms with Crippen molar-refractivity contribution >= 4 is 27.7 Å². The van der Waals surface area contributed by atoms with E-state index in [1.807, 2.05) is 31.2 Å². The van der Waals surface area contributed by atoms with Gasteiger partial charge in [-0.25, -0.2) is 4.68 Å². The topological polar surface area (TPSA) is 64.7 Å². The quantitative estimate of drug-likeness (QED) is 0.695. The molecule has 1 N–H and O–H groups in total. The third-order valence-electron chi connectivity index (χ3n) is 3.46. The van der Waals surface area contributed by atoms with E-state index in [2.05, 4.69) is 31.4 Å². The highest BCUT2D eigenvalue weighted by Crippen LogP contribution is 2.21. The Hall–Kier alpha value is -2.55. The SMILES string of the molecule is Cc1ccc(Cn2cc(Br)c(NC(=O)c3ccn(C(F)F)n3)n2)cc1. The number of anilines is 1. The number of benzene rings is 1. The van der Waals surface area contributed by atoms with Gasteiger partial charge in [0.05, 0.1) is 11.0 Å². The number of carbonyl (C=O) groups excluding carboxylic acids is 1. The van der Waals surface area contributed by atoms with Crippen LogP contribution in [0.25, 0.3) is 0 Å². The number of aromatic nitrogens is 4. The van der Waals surface area contributed by atoms with E-state index >= 15 is 0 Å². The third kappa shape index (κ3) is 4.11. The normalized spacial score (nSPS) is 11.1. The number of alkyl halides is 2. The van der Waals surface area contributed by atoms with Crippen molar-refractivity contribution in [2.75, 3.05) is 5.32 Å². The standard InChI is InChI=1S/C16H14BrF2N5O/c1-10-2-4-11(5-3-10)8-23-9-12(17)14(22-23)20-15(25)13-6-7-24(21-13)16(18)19/h2-7,9,16H,8H2,1H3,(H,20,22,25). The number of nitrogens with zero attached hydrogens (tertiary/aromatic N) is 4. The lowest BCUT2D eigenvalue weighted by Gasteiger charge is -2.03. The first-order valence-electron chi connectivity index (χ1n) is 7.35. The molecule has 3 aromatic rings. The molecule has 9 heteroatoms. The highest BCUT2D eigenvalue weighted by atomic mass is 79.9. The number of hydrogen-bond acceptors (Lipinski definition) is 3. The molecule has 0 unspecified atom stereocenters. The van der Waals surface area contributed by atoms with E-state index in [-0.39, 0.29) is 5.69 Å². The summed E-state index contributed by atoms with van der Waals surface area (Å²) in [7, 11) is 0. The molecule has 0 aliphatic rings. The van der Waals surface area contributed by atoms with Gasteiger partial charge >= 0.3 is 6.55 Å². The molecule has 1 amide bonds. The highest BCUT2D eigenvalue weighted by Gasteiger charge is 2.16. The van der Waals surface area contributed by atoms with Crippen LogP contribution < -0.4 is 5.32 Å². The zero-order valence-corrected chi connectivity index (χ0v) is 14.7. The van der Waals surface area contributed by atoms with Gasteiger partial charge in [0.1, 0.15) is 0 Å². The fraction of sp³-hybridized carbons (Fsp3) is 0.188. The molecule has 3 rings (SSSR count). The van der Waals surface area contributed by atoms with E-state index in [4.69, 9.17) is 0 Å². The minimum absolute atomic E-state index is 0.111. The number of halogens is 3. The maximum Gasteiger partial charge on any atom is 0.333 e. The lowest BCUT2D eigenvalue weighted by atomic mass is 10.1. The van der Waals surface area contributed by atoms with Gasteiger partial charge in [0.2, 0.25) is 0 Å². The summed E-state index contributed by atoms with van der Waals surface area (Å²) in [5, 5.41) is 10.4. The number of aryl methyl sites for hydroxylation is 1. The van der Waals surface area contributed by atoms with Crippen LogP contribution in [-0.4, -0.2) is 25.5 Å². The summed E-state index contributed by atoms with van der Waals surface area (Å²) in [6.45, 7) is -0.242. The predicted molar refractivity (Wildman–Crippen MR) is 91.6 cm³/mol. The van der Waals surface area contributed by atoms with E-state index < -0.39 is 12.5 Å². The summed E-state index contributed by atoms with van der Waals surface area (Å²) in [6, 6.07) is 9.24. The van der Waals surface area contributed by atoms with E-state index in [0.717, 1.165) is 11.8 Å². The summed E-state index contributed by atoms with van der Waals surface area (Å²) in [6.07, 6.45) is 2.78. The van der Waals surface area contributed by atoms with Crippen molar-refractivity contribution in [2.45, 2.75) is 20.0 Å². The number of carbonyl (C=O) groups is 1. The van der Waals surface area contributed by atoms with Crippen LogP contribution in [0.2, 0.25) is 0 Å². The fourth-order valence-corrected chi connectivity index (χ4v) is 2.60. The van der Waals surface area contributed by atoms with Crippen LogP contribution in [0, 0.1) is 6.92 Å².